The zero-order valence-corrected chi connectivity index (χ0v) is 8.48. The first-order chi connectivity index (χ1) is 6.38. The maximum absolute atomic E-state index is 6.23. The van der Waals surface area contributed by atoms with E-state index < -0.39 is 0 Å². The molecule has 2 rings (SSSR count). The molecule has 1 aromatic heterocycles. The largest absolute Gasteiger partial charge is 0.260 e. The lowest BCUT2D eigenvalue weighted by atomic mass is 10.1. The number of halogens is 1. The van der Waals surface area contributed by atoms with Crippen LogP contribution in [0.25, 0.3) is 0 Å². The highest BCUT2D eigenvalue weighted by Crippen LogP contribution is 2.24. The minimum Gasteiger partial charge on any atom is -0.260 e. The predicted molar refractivity (Wildman–Crippen MR) is 55.1 cm³/mol. The number of aromatic nitrogens is 1. The fourth-order valence-corrected chi connectivity index (χ4v) is 2.16. The zero-order valence-electron chi connectivity index (χ0n) is 7.72. The molecule has 1 nitrogen and oxygen atoms in total. The summed E-state index contributed by atoms with van der Waals surface area (Å²) in [6.07, 6.45) is 9.20. The van der Waals surface area contributed by atoms with Gasteiger partial charge in [0, 0.05) is 6.20 Å². The van der Waals surface area contributed by atoms with Crippen molar-refractivity contribution in [2.24, 2.45) is 0 Å². The van der Waals surface area contributed by atoms with Gasteiger partial charge in [-0.1, -0.05) is 24.4 Å². The number of fused-ring (bicyclic) bond motifs is 2. The quantitative estimate of drug-likeness (QED) is 0.619. The first-order valence-corrected chi connectivity index (χ1v) is 5.38. The average Bonchev–Trinajstić information content (AvgIpc) is 2.21. The van der Waals surface area contributed by atoms with Crippen LogP contribution in [0.5, 0.6) is 0 Å². The van der Waals surface area contributed by atoms with Crippen LogP contribution in [-0.4, -0.2) is 4.98 Å². The van der Waals surface area contributed by atoms with Gasteiger partial charge in [0.15, 0.2) is 0 Å². The summed E-state index contributed by atoms with van der Waals surface area (Å²) in [5.74, 6) is 0. The van der Waals surface area contributed by atoms with E-state index in [-0.39, 0.29) is 0 Å². The van der Waals surface area contributed by atoms with E-state index in [2.05, 4.69) is 11.1 Å². The van der Waals surface area contributed by atoms with Gasteiger partial charge >= 0.3 is 0 Å². The van der Waals surface area contributed by atoms with Crippen molar-refractivity contribution in [3.05, 3.63) is 28.5 Å². The van der Waals surface area contributed by atoms with E-state index in [1.165, 1.54) is 31.2 Å². The minimum atomic E-state index is 0.921. The summed E-state index contributed by atoms with van der Waals surface area (Å²) in [4.78, 5) is 4.32. The summed E-state index contributed by atoms with van der Waals surface area (Å²) < 4.78 is 0. The molecule has 0 radical (unpaired) electrons. The van der Waals surface area contributed by atoms with E-state index in [4.69, 9.17) is 11.6 Å². The molecule has 0 saturated heterocycles. The topological polar surface area (TPSA) is 12.9 Å². The Bertz CT molecular complexity index is 270. The highest BCUT2D eigenvalue weighted by molar-refractivity contribution is 6.32. The van der Waals surface area contributed by atoms with Gasteiger partial charge in [-0.2, -0.15) is 0 Å². The van der Waals surface area contributed by atoms with E-state index >= 15 is 0 Å². The molecule has 0 saturated carbocycles. The number of hydrogen-bond acceptors (Lipinski definition) is 1. The predicted octanol–water partition coefficient (Wildman–Crippen LogP) is 3.39. The molecule has 0 amide bonds. The molecule has 0 unspecified atom stereocenters. The van der Waals surface area contributed by atoms with Crippen molar-refractivity contribution in [2.45, 2.75) is 38.5 Å². The highest BCUT2D eigenvalue weighted by atomic mass is 35.5. The van der Waals surface area contributed by atoms with Crippen molar-refractivity contribution < 1.29 is 0 Å². The molecule has 2 bridgehead atoms. The van der Waals surface area contributed by atoms with Gasteiger partial charge in [-0.05, 0) is 37.3 Å². The van der Waals surface area contributed by atoms with E-state index in [0.717, 1.165) is 23.6 Å². The third-order valence-corrected chi connectivity index (χ3v) is 3.11. The van der Waals surface area contributed by atoms with Crippen LogP contribution in [-0.2, 0) is 12.8 Å². The lowest BCUT2D eigenvalue weighted by molar-refractivity contribution is 0.646. The van der Waals surface area contributed by atoms with Gasteiger partial charge in [-0.15, -0.1) is 0 Å². The van der Waals surface area contributed by atoms with Gasteiger partial charge in [0.2, 0.25) is 0 Å². The first kappa shape index (κ1) is 9.01. The Morgan fingerprint density at radius 3 is 2.69 bits per heavy atom. The summed E-state index contributed by atoms with van der Waals surface area (Å²) in [5, 5.41) is 0.921. The Morgan fingerprint density at radius 2 is 1.85 bits per heavy atom. The Morgan fingerprint density at radius 1 is 1.08 bits per heavy atom. The number of pyridine rings is 1. The van der Waals surface area contributed by atoms with Crippen molar-refractivity contribution in [1.29, 1.82) is 0 Å². The van der Waals surface area contributed by atoms with Crippen molar-refractivity contribution in [3.8, 4) is 0 Å². The second-order valence-corrected chi connectivity index (χ2v) is 4.02. The van der Waals surface area contributed by atoms with Crippen molar-refractivity contribution in [2.75, 3.05) is 0 Å². The van der Waals surface area contributed by atoms with Gasteiger partial charge in [0.25, 0.3) is 0 Å². The van der Waals surface area contributed by atoms with E-state index in [0.29, 0.717) is 0 Å². The molecule has 1 heterocycles. The molecule has 0 spiro atoms. The van der Waals surface area contributed by atoms with Crippen molar-refractivity contribution in [3.63, 3.8) is 0 Å². The smallest absolute Gasteiger partial charge is 0.0653 e. The van der Waals surface area contributed by atoms with Gasteiger partial charge in [0.1, 0.15) is 0 Å². The standard InChI is InChI=1S/C11H14ClN/c12-11-9-5-3-1-2-4-6-10(11)13-8-7-9/h7-8H,1-6H2. The molecule has 0 aliphatic heterocycles. The Labute approximate surface area is 84.1 Å². The van der Waals surface area contributed by atoms with E-state index in [1.807, 2.05) is 6.20 Å². The lowest BCUT2D eigenvalue weighted by Crippen LogP contribution is -1.93. The Kier molecular flexibility index (Phi) is 2.84. The van der Waals surface area contributed by atoms with Crippen LogP contribution in [0, 0.1) is 0 Å². The maximum Gasteiger partial charge on any atom is 0.0653 e. The van der Waals surface area contributed by atoms with E-state index in [1.54, 1.807) is 0 Å². The molecule has 2 heteroatoms. The normalized spacial score (nSPS) is 17.3. The zero-order chi connectivity index (χ0) is 9.10. The fraction of sp³-hybridized carbons (Fsp3) is 0.545. The first-order valence-electron chi connectivity index (χ1n) is 5.00. The van der Waals surface area contributed by atoms with Gasteiger partial charge in [0.05, 0.1) is 10.7 Å². The second kappa shape index (κ2) is 4.10. The summed E-state index contributed by atoms with van der Waals surface area (Å²) in [7, 11) is 0. The monoisotopic (exact) mass is 195 g/mol. The summed E-state index contributed by atoms with van der Waals surface area (Å²) >= 11 is 6.23. The number of aryl methyl sites for hydroxylation is 2. The molecule has 1 aromatic rings. The van der Waals surface area contributed by atoms with Crippen LogP contribution in [0.2, 0.25) is 5.02 Å². The van der Waals surface area contributed by atoms with Crippen LogP contribution >= 0.6 is 11.6 Å². The SMILES string of the molecule is Clc1c2ccnc1CCCCCC2. The van der Waals surface area contributed by atoms with Crippen molar-refractivity contribution in [1.82, 2.24) is 4.98 Å². The number of hydrogen-bond donors (Lipinski definition) is 0. The van der Waals surface area contributed by atoms with Gasteiger partial charge in [-0.3, -0.25) is 4.98 Å². The Balaban J connectivity index is 2.33. The maximum atomic E-state index is 6.23. The molecule has 0 N–H and O–H groups in total. The molecule has 0 atom stereocenters. The van der Waals surface area contributed by atoms with Crippen LogP contribution in [0.15, 0.2) is 12.3 Å². The molecular formula is C11H14ClN. The highest BCUT2D eigenvalue weighted by Gasteiger charge is 2.09. The third kappa shape index (κ3) is 2.02. The van der Waals surface area contributed by atoms with Gasteiger partial charge in [-0.25, -0.2) is 0 Å². The van der Waals surface area contributed by atoms with Gasteiger partial charge < -0.3 is 0 Å². The lowest BCUT2D eigenvalue weighted by Gasteiger charge is -2.05. The summed E-state index contributed by atoms with van der Waals surface area (Å²) in [6.45, 7) is 0. The molecule has 0 aromatic carbocycles. The molecule has 13 heavy (non-hydrogen) atoms. The Hall–Kier alpha value is -0.560. The summed E-state index contributed by atoms with van der Waals surface area (Å²) in [5.41, 5.74) is 2.38. The molecule has 1 aliphatic rings. The molecule has 1 aliphatic carbocycles. The van der Waals surface area contributed by atoms with Crippen LogP contribution in [0.3, 0.4) is 0 Å². The second-order valence-electron chi connectivity index (χ2n) is 3.64. The van der Waals surface area contributed by atoms with Crippen LogP contribution in [0.1, 0.15) is 36.9 Å². The van der Waals surface area contributed by atoms with Crippen LogP contribution < -0.4 is 0 Å². The van der Waals surface area contributed by atoms with Crippen molar-refractivity contribution >= 4 is 11.6 Å². The fourth-order valence-electron chi connectivity index (χ4n) is 1.86. The number of rotatable bonds is 0. The average molecular weight is 196 g/mol. The van der Waals surface area contributed by atoms with Crippen LogP contribution in [0.4, 0.5) is 0 Å². The number of nitrogens with zero attached hydrogens (tertiary/aromatic N) is 1. The molecular weight excluding hydrogens is 182 g/mol. The minimum absolute atomic E-state index is 0.921. The molecule has 0 fully saturated rings. The molecule has 70 valence electrons. The summed E-state index contributed by atoms with van der Waals surface area (Å²) in [6, 6.07) is 2.05. The third-order valence-electron chi connectivity index (χ3n) is 2.65. The van der Waals surface area contributed by atoms with E-state index in [9.17, 15) is 0 Å².